The molecule has 2 N–H and O–H groups in total. The molecule has 1 atom stereocenters. The van der Waals surface area contributed by atoms with E-state index in [1.807, 2.05) is 10.7 Å². The highest BCUT2D eigenvalue weighted by molar-refractivity contribution is 7.98. The van der Waals surface area contributed by atoms with Crippen molar-refractivity contribution in [2.75, 3.05) is 5.73 Å². The summed E-state index contributed by atoms with van der Waals surface area (Å²) in [5.74, 6) is 2.65. The molecule has 28 heavy (non-hydrogen) atoms. The molecule has 0 saturated carbocycles. The largest absolute Gasteiger partial charge is 0.383 e. The van der Waals surface area contributed by atoms with Crippen LogP contribution in [0, 0.1) is 5.92 Å². The Morgan fingerprint density at radius 2 is 2.29 bits per heavy atom. The van der Waals surface area contributed by atoms with Gasteiger partial charge in [0.25, 0.3) is 0 Å². The first kappa shape index (κ1) is 18.0. The van der Waals surface area contributed by atoms with Crippen molar-refractivity contribution in [3.63, 3.8) is 0 Å². The Kier molecular flexibility index (Phi) is 4.77. The molecule has 144 valence electrons. The van der Waals surface area contributed by atoms with Crippen LogP contribution in [0.15, 0.2) is 22.7 Å². The number of tetrazole rings is 1. The lowest BCUT2D eigenvalue weighted by Gasteiger charge is -2.17. The van der Waals surface area contributed by atoms with Gasteiger partial charge in [0, 0.05) is 9.75 Å². The summed E-state index contributed by atoms with van der Waals surface area (Å²) in [4.78, 5) is 13.0. The van der Waals surface area contributed by atoms with E-state index in [0.29, 0.717) is 18.1 Å². The Morgan fingerprint density at radius 1 is 1.36 bits per heavy atom. The molecule has 0 radical (unpaired) electrons. The van der Waals surface area contributed by atoms with Crippen LogP contribution in [0.25, 0.3) is 10.2 Å². The average molecular weight is 430 g/mol. The summed E-state index contributed by atoms with van der Waals surface area (Å²) < 4.78 is 1.81. The van der Waals surface area contributed by atoms with E-state index in [0.717, 1.165) is 40.0 Å². The zero-order chi connectivity index (χ0) is 19.1. The number of nitrogens with two attached hydrogens (primary N) is 1. The second-order valence-corrected chi connectivity index (χ2v) is 10.1. The predicted octanol–water partition coefficient (Wildman–Crippen LogP) is 3.79. The second kappa shape index (κ2) is 7.41. The fraction of sp³-hybridized carbons (Fsp3) is 0.389. The summed E-state index contributed by atoms with van der Waals surface area (Å²) in [6.07, 6.45) is 3.41. The highest BCUT2D eigenvalue weighted by Gasteiger charge is 2.23. The number of rotatable bonds is 5. The van der Waals surface area contributed by atoms with Crippen LogP contribution in [-0.2, 0) is 25.1 Å². The number of thioether (sulfide) groups is 1. The number of nitrogen functional groups attached to an aromatic ring is 1. The van der Waals surface area contributed by atoms with Crippen molar-refractivity contribution in [2.45, 2.75) is 43.6 Å². The molecule has 4 aromatic rings. The van der Waals surface area contributed by atoms with Gasteiger partial charge in [0.15, 0.2) is 0 Å². The molecule has 4 aromatic heterocycles. The van der Waals surface area contributed by atoms with E-state index in [1.54, 1.807) is 22.7 Å². The monoisotopic (exact) mass is 429 g/mol. The third-order valence-corrected chi connectivity index (χ3v) is 7.91. The Labute approximate surface area is 174 Å². The minimum absolute atomic E-state index is 0.587. The van der Waals surface area contributed by atoms with E-state index in [2.05, 4.69) is 38.9 Å². The molecule has 0 spiro atoms. The van der Waals surface area contributed by atoms with Crippen molar-refractivity contribution in [3.05, 3.63) is 38.7 Å². The van der Waals surface area contributed by atoms with E-state index in [4.69, 9.17) is 10.7 Å². The summed E-state index contributed by atoms with van der Waals surface area (Å²) in [7, 11) is 0. The number of thiophene rings is 2. The topological polar surface area (TPSA) is 95.4 Å². The number of anilines is 1. The lowest BCUT2D eigenvalue weighted by Crippen LogP contribution is -2.09. The molecule has 0 aliphatic heterocycles. The molecule has 0 amide bonds. The fourth-order valence-electron chi connectivity index (χ4n) is 3.56. The Morgan fingerprint density at radius 3 is 3.14 bits per heavy atom. The number of aromatic nitrogens is 6. The second-order valence-electron chi connectivity index (χ2n) is 7.04. The van der Waals surface area contributed by atoms with Crippen molar-refractivity contribution in [2.24, 2.45) is 5.92 Å². The van der Waals surface area contributed by atoms with Gasteiger partial charge in [-0.15, -0.1) is 27.8 Å². The third-order valence-electron chi connectivity index (χ3n) is 4.94. The van der Waals surface area contributed by atoms with Crippen LogP contribution in [-0.4, -0.2) is 30.2 Å². The third kappa shape index (κ3) is 3.40. The van der Waals surface area contributed by atoms with Crippen LogP contribution < -0.4 is 5.73 Å². The van der Waals surface area contributed by atoms with E-state index in [1.165, 1.54) is 33.5 Å². The van der Waals surface area contributed by atoms with Crippen molar-refractivity contribution in [1.82, 2.24) is 30.2 Å². The van der Waals surface area contributed by atoms with Gasteiger partial charge in [0.1, 0.15) is 16.5 Å². The van der Waals surface area contributed by atoms with Crippen LogP contribution in [0.1, 0.15) is 34.5 Å². The van der Waals surface area contributed by atoms with E-state index < -0.39 is 0 Å². The summed E-state index contributed by atoms with van der Waals surface area (Å²) in [5.41, 5.74) is 7.70. The summed E-state index contributed by atoms with van der Waals surface area (Å²) in [5, 5.41) is 15.9. The highest BCUT2D eigenvalue weighted by atomic mass is 32.2. The van der Waals surface area contributed by atoms with Gasteiger partial charge in [-0.05, 0) is 52.6 Å². The number of fused-ring (bicyclic) bond motifs is 3. The van der Waals surface area contributed by atoms with Crippen LogP contribution in [0.5, 0.6) is 0 Å². The maximum Gasteiger partial charge on any atom is 0.210 e. The zero-order valence-corrected chi connectivity index (χ0v) is 17.8. The molecule has 1 unspecified atom stereocenters. The van der Waals surface area contributed by atoms with Gasteiger partial charge in [0.2, 0.25) is 5.16 Å². The minimum atomic E-state index is 0.587. The van der Waals surface area contributed by atoms with Gasteiger partial charge >= 0.3 is 0 Å². The summed E-state index contributed by atoms with van der Waals surface area (Å²) >= 11 is 5.01. The maximum absolute atomic E-state index is 6.33. The van der Waals surface area contributed by atoms with Crippen LogP contribution in [0.2, 0.25) is 0 Å². The molecule has 0 bridgehead atoms. The first-order chi connectivity index (χ1) is 13.7. The molecule has 7 nitrogen and oxygen atoms in total. The summed E-state index contributed by atoms with van der Waals surface area (Å²) in [6.45, 7) is 2.98. The van der Waals surface area contributed by atoms with Crippen LogP contribution >= 0.6 is 34.4 Å². The minimum Gasteiger partial charge on any atom is -0.383 e. The molecule has 1 aliphatic rings. The standard InChI is InChI=1S/C18H19N7S3/c1-10-4-5-12-13(7-10)28-17-15(12)16(19)20-14(21-17)9-27-18-22-23-24-25(18)8-11-3-2-6-26-11/h2-3,6,10H,4-5,7-9H2,1H3,(H2,19,20,21). The van der Waals surface area contributed by atoms with E-state index in [-0.39, 0.29) is 0 Å². The molecular formula is C18H19N7S3. The van der Waals surface area contributed by atoms with Crippen molar-refractivity contribution in [1.29, 1.82) is 0 Å². The molecular weight excluding hydrogens is 410 g/mol. The van der Waals surface area contributed by atoms with Gasteiger partial charge in [-0.2, -0.15) is 0 Å². The van der Waals surface area contributed by atoms with Gasteiger partial charge in [-0.3, -0.25) is 0 Å². The zero-order valence-electron chi connectivity index (χ0n) is 15.3. The smallest absolute Gasteiger partial charge is 0.210 e. The highest BCUT2D eigenvalue weighted by Crippen LogP contribution is 2.39. The molecule has 5 rings (SSSR count). The Bertz CT molecular complexity index is 1120. The predicted molar refractivity (Wildman–Crippen MR) is 114 cm³/mol. The molecule has 4 heterocycles. The fourth-order valence-corrected chi connectivity index (χ4v) is 6.39. The van der Waals surface area contributed by atoms with Crippen LogP contribution in [0.3, 0.4) is 0 Å². The van der Waals surface area contributed by atoms with E-state index >= 15 is 0 Å². The quantitative estimate of drug-likeness (QED) is 0.482. The normalized spacial score (nSPS) is 16.5. The first-order valence-corrected chi connectivity index (χ1v) is 11.8. The van der Waals surface area contributed by atoms with Gasteiger partial charge < -0.3 is 5.73 Å². The molecule has 0 aromatic carbocycles. The van der Waals surface area contributed by atoms with Gasteiger partial charge in [-0.25, -0.2) is 14.6 Å². The lowest BCUT2D eigenvalue weighted by atomic mass is 9.89. The van der Waals surface area contributed by atoms with Crippen molar-refractivity contribution in [3.8, 4) is 0 Å². The number of hydrogen-bond acceptors (Lipinski definition) is 9. The lowest BCUT2D eigenvalue weighted by molar-refractivity contribution is 0.509. The van der Waals surface area contributed by atoms with Crippen molar-refractivity contribution < 1.29 is 0 Å². The van der Waals surface area contributed by atoms with Gasteiger partial charge in [0.05, 0.1) is 17.7 Å². The summed E-state index contributed by atoms with van der Waals surface area (Å²) in [6, 6.07) is 4.11. The number of aryl methyl sites for hydroxylation is 1. The maximum atomic E-state index is 6.33. The molecule has 10 heteroatoms. The Hall–Kier alpha value is -2.04. The average Bonchev–Trinajstić information content (AvgIpc) is 3.40. The van der Waals surface area contributed by atoms with Crippen LogP contribution in [0.4, 0.5) is 5.82 Å². The van der Waals surface area contributed by atoms with Crippen molar-refractivity contribution >= 4 is 50.5 Å². The Balaban J connectivity index is 1.37. The molecule has 0 fully saturated rings. The number of nitrogens with zero attached hydrogens (tertiary/aromatic N) is 6. The molecule has 1 aliphatic carbocycles. The SMILES string of the molecule is CC1CCc2c(sc3nc(CSc4nnnn4Cc4cccs4)nc(N)c23)C1. The van der Waals surface area contributed by atoms with Gasteiger partial charge in [-0.1, -0.05) is 24.8 Å². The first-order valence-electron chi connectivity index (χ1n) is 9.15. The molecule has 0 saturated heterocycles. The number of hydrogen-bond donors (Lipinski definition) is 1. The van der Waals surface area contributed by atoms with E-state index in [9.17, 15) is 0 Å².